The third kappa shape index (κ3) is 4.63. The minimum absolute atomic E-state index is 0.103. The summed E-state index contributed by atoms with van der Waals surface area (Å²) in [6, 6.07) is 7.64. The molecule has 0 aliphatic carbocycles. The fourth-order valence-electron chi connectivity index (χ4n) is 2.15. The van der Waals surface area contributed by atoms with Gasteiger partial charge in [0.15, 0.2) is 11.9 Å². The molecular weight excluding hydrogens is 324 g/mol. The van der Waals surface area contributed by atoms with E-state index >= 15 is 0 Å². The van der Waals surface area contributed by atoms with Crippen LogP contribution in [0.25, 0.3) is 0 Å². The highest BCUT2D eigenvalue weighted by Gasteiger charge is 2.21. The number of esters is 1. The predicted molar refractivity (Wildman–Crippen MR) is 90.8 cm³/mol. The maximum atomic E-state index is 12.3. The van der Waals surface area contributed by atoms with Crippen molar-refractivity contribution in [2.24, 2.45) is 0 Å². The van der Waals surface area contributed by atoms with E-state index in [2.05, 4.69) is 10.3 Å². The number of H-pyrrole nitrogens is 1. The molecule has 2 aromatic rings. The number of benzene rings is 1. The Bertz CT molecular complexity index is 820. The molecule has 1 heterocycles. The molecule has 7 heteroatoms. The number of Topliss-reactive ketones (excluding diaryl/α,β-unsaturated/α-hetero) is 2. The number of hydrogen-bond acceptors (Lipinski definition) is 5. The van der Waals surface area contributed by atoms with Gasteiger partial charge in [-0.1, -0.05) is 0 Å². The second kappa shape index (κ2) is 7.57. The zero-order chi connectivity index (χ0) is 18.6. The summed E-state index contributed by atoms with van der Waals surface area (Å²) in [7, 11) is 0. The SMILES string of the molecule is CC(=O)Nc1ccc(C(=O)[C@H](C)OC(=O)c2cc(C(C)=O)c[nH]2)cc1. The molecule has 2 N–H and O–H groups in total. The predicted octanol–water partition coefficient (Wildman–Crippen LogP) is 2.60. The summed E-state index contributed by atoms with van der Waals surface area (Å²) in [6.45, 7) is 4.24. The maximum absolute atomic E-state index is 12.3. The van der Waals surface area contributed by atoms with Crippen LogP contribution in [0.1, 0.15) is 52.0 Å². The highest BCUT2D eigenvalue weighted by atomic mass is 16.5. The van der Waals surface area contributed by atoms with Crippen LogP contribution < -0.4 is 5.32 Å². The Morgan fingerprint density at radius 1 is 1.04 bits per heavy atom. The van der Waals surface area contributed by atoms with Gasteiger partial charge in [-0.3, -0.25) is 14.4 Å². The normalized spacial score (nSPS) is 11.5. The van der Waals surface area contributed by atoms with Crippen LogP contribution in [0.5, 0.6) is 0 Å². The zero-order valence-corrected chi connectivity index (χ0v) is 14.1. The summed E-state index contributed by atoms with van der Waals surface area (Å²) >= 11 is 0. The molecule has 0 aliphatic rings. The zero-order valence-electron chi connectivity index (χ0n) is 14.1. The van der Waals surface area contributed by atoms with E-state index in [-0.39, 0.29) is 23.2 Å². The summed E-state index contributed by atoms with van der Waals surface area (Å²) in [4.78, 5) is 49.2. The van der Waals surface area contributed by atoms with Crippen molar-refractivity contribution in [2.45, 2.75) is 26.9 Å². The number of anilines is 1. The Morgan fingerprint density at radius 3 is 2.20 bits per heavy atom. The third-order valence-corrected chi connectivity index (χ3v) is 3.45. The monoisotopic (exact) mass is 342 g/mol. The van der Waals surface area contributed by atoms with E-state index < -0.39 is 12.1 Å². The van der Waals surface area contributed by atoms with Crippen LogP contribution in [0, 0.1) is 0 Å². The largest absolute Gasteiger partial charge is 0.450 e. The van der Waals surface area contributed by atoms with Gasteiger partial charge in [0.1, 0.15) is 5.69 Å². The van der Waals surface area contributed by atoms with Crippen LogP contribution in [0.15, 0.2) is 36.5 Å². The Morgan fingerprint density at radius 2 is 1.68 bits per heavy atom. The van der Waals surface area contributed by atoms with Crippen LogP contribution >= 0.6 is 0 Å². The number of aromatic amines is 1. The summed E-state index contributed by atoms with van der Waals surface area (Å²) in [6.07, 6.45) is 0.412. The standard InChI is InChI=1S/C18H18N2O5/c1-10(21)14-8-16(19-9-14)18(24)25-11(2)17(23)13-4-6-15(7-5-13)20-12(3)22/h4-9,11,19H,1-3H3,(H,20,22)/t11-/m0/s1. The fourth-order valence-corrected chi connectivity index (χ4v) is 2.15. The molecule has 1 aromatic carbocycles. The molecule has 0 radical (unpaired) electrons. The molecular formula is C18H18N2O5. The first-order valence-corrected chi connectivity index (χ1v) is 7.60. The van der Waals surface area contributed by atoms with Gasteiger partial charge >= 0.3 is 5.97 Å². The first kappa shape index (κ1) is 18.1. The molecule has 0 aliphatic heterocycles. The number of aromatic nitrogens is 1. The van der Waals surface area contributed by atoms with Gasteiger partial charge in [0, 0.05) is 29.9 Å². The van der Waals surface area contributed by atoms with Crippen molar-refractivity contribution in [1.29, 1.82) is 0 Å². The van der Waals surface area contributed by atoms with E-state index in [0.29, 0.717) is 16.8 Å². The summed E-state index contributed by atoms with van der Waals surface area (Å²) < 4.78 is 5.14. The van der Waals surface area contributed by atoms with Crippen LogP contribution in [0.4, 0.5) is 5.69 Å². The van der Waals surface area contributed by atoms with Gasteiger partial charge in [-0.15, -0.1) is 0 Å². The molecule has 2 rings (SSSR count). The number of carbonyl (C=O) groups is 4. The first-order valence-electron chi connectivity index (χ1n) is 7.60. The lowest BCUT2D eigenvalue weighted by molar-refractivity contribution is -0.114. The molecule has 7 nitrogen and oxygen atoms in total. The first-order chi connectivity index (χ1) is 11.8. The average Bonchev–Trinajstić information content (AvgIpc) is 3.04. The number of ether oxygens (including phenoxy) is 1. The fraction of sp³-hybridized carbons (Fsp3) is 0.222. The van der Waals surface area contributed by atoms with Gasteiger partial charge in [-0.2, -0.15) is 0 Å². The van der Waals surface area contributed by atoms with Gasteiger partial charge in [-0.25, -0.2) is 4.79 Å². The molecule has 1 aromatic heterocycles. The van der Waals surface area contributed by atoms with Gasteiger partial charge in [0.05, 0.1) is 0 Å². The van der Waals surface area contributed by atoms with E-state index in [1.165, 1.54) is 33.0 Å². The molecule has 1 atom stereocenters. The highest BCUT2D eigenvalue weighted by Crippen LogP contribution is 2.14. The topological polar surface area (TPSA) is 105 Å². The Hall–Kier alpha value is -3.22. The van der Waals surface area contributed by atoms with E-state index in [4.69, 9.17) is 4.74 Å². The van der Waals surface area contributed by atoms with Crippen molar-refractivity contribution in [2.75, 3.05) is 5.32 Å². The van der Waals surface area contributed by atoms with E-state index in [1.807, 2.05) is 0 Å². The second-order valence-corrected chi connectivity index (χ2v) is 5.53. The van der Waals surface area contributed by atoms with Crippen LogP contribution in [0.3, 0.4) is 0 Å². The lowest BCUT2D eigenvalue weighted by Gasteiger charge is -2.12. The molecule has 0 unspecified atom stereocenters. The Kier molecular flexibility index (Phi) is 5.49. The van der Waals surface area contributed by atoms with E-state index in [1.54, 1.807) is 24.3 Å². The van der Waals surface area contributed by atoms with Crippen molar-refractivity contribution < 1.29 is 23.9 Å². The van der Waals surface area contributed by atoms with Crippen molar-refractivity contribution >= 4 is 29.1 Å². The quantitative estimate of drug-likeness (QED) is 0.620. The summed E-state index contributed by atoms with van der Waals surface area (Å²) in [5, 5.41) is 2.60. The van der Waals surface area contributed by atoms with Gasteiger partial charge in [0.2, 0.25) is 11.7 Å². The molecule has 25 heavy (non-hydrogen) atoms. The third-order valence-electron chi connectivity index (χ3n) is 3.45. The summed E-state index contributed by atoms with van der Waals surface area (Å²) in [5.74, 6) is -1.49. The lowest BCUT2D eigenvalue weighted by Crippen LogP contribution is -2.24. The van der Waals surface area contributed by atoms with Crippen molar-refractivity contribution in [3.63, 3.8) is 0 Å². The molecule has 0 fully saturated rings. The highest BCUT2D eigenvalue weighted by molar-refractivity contribution is 6.02. The summed E-state index contributed by atoms with van der Waals surface area (Å²) in [5.41, 5.74) is 1.38. The van der Waals surface area contributed by atoms with Crippen LogP contribution in [-0.2, 0) is 9.53 Å². The molecule has 0 bridgehead atoms. The van der Waals surface area contributed by atoms with Gasteiger partial charge in [0.25, 0.3) is 0 Å². The number of rotatable bonds is 6. The Labute approximate surface area is 144 Å². The molecule has 0 saturated heterocycles. The van der Waals surface area contributed by atoms with Crippen molar-refractivity contribution in [3.8, 4) is 0 Å². The van der Waals surface area contributed by atoms with E-state index in [9.17, 15) is 19.2 Å². The lowest BCUT2D eigenvalue weighted by atomic mass is 10.1. The number of nitrogens with one attached hydrogen (secondary N) is 2. The second-order valence-electron chi connectivity index (χ2n) is 5.53. The molecule has 1 amide bonds. The Balaban J connectivity index is 2.02. The minimum Gasteiger partial charge on any atom is -0.450 e. The number of amides is 1. The van der Waals surface area contributed by atoms with E-state index in [0.717, 1.165) is 0 Å². The van der Waals surface area contributed by atoms with Gasteiger partial charge in [-0.05, 0) is 44.2 Å². The minimum atomic E-state index is -0.997. The maximum Gasteiger partial charge on any atom is 0.355 e. The number of carbonyl (C=O) groups excluding carboxylic acids is 4. The number of ketones is 2. The van der Waals surface area contributed by atoms with Crippen molar-refractivity contribution in [1.82, 2.24) is 4.98 Å². The molecule has 0 spiro atoms. The van der Waals surface area contributed by atoms with Crippen LogP contribution in [-0.4, -0.2) is 34.5 Å². The number of hydrogen-bond donors (Lipinski definition) is 2. The molecule has 0 saturated carbocycles. The smallest absolute Gasteiger partial charge is 0.355 e. The van der Waals surface area contributed by atoms with Gasteiger partial charge < -0.3 is 15.0 Å². The molecule has 130 valence electrons. The average molecular weight is 342 g/mol. The van der Waals surface area contributed by atoms with Crippen molar-refractivity contribution in [3.05, 3.63) is 53.3 Å². The van der Waals surface area contributed by atoms with Crippen LogP contribution in [0.2, 0.25) is 0 Å².